The van der Waals surface area contributed by atoms with Crippen molar-refractivity contribution in [3.05, 3.63) is 53.3 Å². The topological polar surface area (TPSA) is 83.0 Å². The van der Waals surface area contributed by atoms with E-state index in [1.54, 1.807) is 0 Å². The maximum absolute atomic E-state index is 16.9. The van der Waals surface area contributed by atoms with Gasteiger partial charge in [-0.2, -0.15) is 9.97 Å². The molecule has 0 amide bonds. The zero-order chi connectivity index (χ0) is 33.3. The summed E-state index contributed by atoms with van der Waals surface area (Å²) in [4.78, 5) is 13.3. The van der Waals surface area contributed by atoms with E-state index in [4.69, 9.17) is 20.9 Å². The lowest BCUT2D eigenvalue weighted by atomic mass is 9.92. The van der Waals surface area contributed by atoms with Crippen LogP contribution in [0.25, 0.3) is 32.8 Å². The summed E-state index contributed by atoms with van der Waals surface area (Å²) in [6.07, 6.45) is 7.86. The molecular weight excluding hydrogens is 626 g/mol. The number of nitrogens with one attached hydrogen (secondary N) is 1. The van der Waals surface area contributed by atoms with Crippen molar-refractivity contribution in [2.75, 3.05) is 51.3 Å². The molecule has 0 spiro atoms. The van der Waals surface area contributed by atoms with Crippen LogP contribution in [0, 0.1) is 35.2 Å². The number of hydrogen-bond donors (Lipinski definition) is 2. The van der Waals surface area contributed by atoms with Crippen molar-refractivity contribution in [3.63, 3.8) is 0 Å². The van der Waals surface area contributed by atoms with Crippen LogP contribution < -0.4 is 15.0 Å². The van der Waals surface area contributed by atoms with E-state index in [0.717, 1.165) is 31.7 Å². The lowest BCUT2D eigenvalue weighted by Crippen LogP contribution is -2.51. The largest absolute Gasteiger partial charge is 0.508 e. The number of hydrogen-bond acceptors (Lipinski definition) is 8. The summed E-state index contributed by atoms with van der Waals surface area (Å²) in [5.41, 5.74) is -1.16. The van der Waals surface area contributed by atoms with Crippen LogP contribution in [0.1, 0.15) is 31.2 Å². The highest BCUT2D eigenvalue weighted by Crippen LogP contribution is 2.47. The van der Waals surface area contributed by atoms with Gasteiger partial charge >= 0.3 is 6.01 Å². The Balaban J connectivity index is 1.22. The van der Waals surface area contributed by atoms with Crippen molar-refractivity contribution in [1.82, 2.24) is 20.2 Å². The highest BCUT2D eigenvalue weighted by molar-refractivity contribution is 6.04. The Kier molecular flexibility index (Phi) is 7.62. The second-order valence-corrected chi connectivity index (χ2v) is 13.7. The number of rotatable bonds is 8. The fourth-order valence-electron chi connectivity index (χ4n) is 7.82. The third-order valence-corrected chi connectivity index (χ3v) is 10.4. The molecule has 8 rings (SSSR count). The number of likely N-dealkylation sites (tertiary alicyclic amines) is 1. The van der Waals surface area contributed by atoms with Crippen LogP contribution in [0.3, 0.4) is 0 Å². The maximum Gasteiger partial charge on any atom is 0.319 e. The second kappa shape index (κ2) is 11.8. The van der Waals surface area contributed by atoms with Gasteiger partial charge in [-0.1, -0.05) is 12.0 Å². The molecule has 4 fully saturated rings. The molecule has 1 aliphatic carbocycles. The average Bonchev–Trinajstić information content (AvgIpc) is 3.62. The molecule has 4 aromatic rings. The van der Waals surface area contributed by atoms with Crippen LogP contribution in [-0.4, -0.2) is 90.8 Å². The highest BCUT2D eigenvalue weighted by Gasteiger charge is 2.47. The molecule has 48 heavy (non-hydrogen) atoms. The van der Waals surface area contributed by atoms with E-state index in [0.29, 0.717) is 37.4 Å². The van der Waals surface area contributed by atoms with Crippen molar-refractivity contribution >= 4 is 27.5 Å². The number of nitrogens with zero attached hydrogens (tertiary/aromatic N) is 4. The van der Waals surface area contributed by atoms with E-state index in [2.05, 4.69) is 16.2 Å². The molecule has 1 aromatic heterocycles. The van der Waals surface area contributed by atoms with Gasteiger partial charge in [-0.25, -0.2) is 17.6 Å². The van der Waals surface area contributed by atoms with E-state index < -0.39 is 35.3 Å². The Bertz CT molecular complexity index is 1970. The third-order valence-electron chi connectivity index (χ3n) is 10.4. The minimum absolute atomic E-state index is 0.0539. The van der Waals surface area contributed by atoms with Crippen LogP contribution in [0.4, 0.5) is 23.4 Å². The number of anilines is 1. The number of phenols is 1. The van der Waals surface area contributed by atoms with E-state index in [9.17, 15) is 13.9 Å². The lowest BCUT2D eigenvalue weighted by Gasteiger charge is -2.34. The zero-order valence-corrected chi connectivity index (χ0v) is 26.4. The Labute approximate surface area is 275 Å². The number of halogens is 4. The van der Waals surface area contributed by atoms with Gasteiger partial charge in [0.15, 0.2) is 5.82 Å². The minimum atomic E-state index is -1.05. The molecule has 2 bridgehead atoms. The standard InChI is InChI=1S/C36H35F4N5O3/c1-3-23-26(37)7-4-19-10-22(46)11-24(30(19)23)31-27(38)12-25-33(32(31)40)42-35(43-34(25)45-13-20-5-6-21(14-45)41-20)48-18-36(8-9-36)17-44-15-28(39)29(16-44)47-2/h1,4,7,10-12,20-21,28-29,41,46H,5-6,8-9,13-18H2,2H3/t20?,21?,28-,29-/m1/s1. The van der Waals surface area contributed by atoms with Gasteiger partial charge < -0.3 is 24.8 Å². The monoisotopic (exact) mass is 661 g/mol. The average molecular weight is 662 g/mol. The molecule has 3 aliphatic heterocycles. The first-order chi connectivity index (χ1) is 23.1. The van der Waals surface area contributed by atoms with E-state index in [1.807, 2.05) is 9.80 Å². The fourth-order valence-corrected chi connectivity index (χ4v) is 7.82. The summed E-state index contributed by atoms with van der Waals surface area (Å²) in [5, 5.41) is 14.7. The molecule has 4 atom stereocenters. The summed E-state index contributed by atoms with van der Waals surface area (Å²) in [5.74, 6) is -0.269. The fraction of sp³-hybridized carbons (Fsp3) is 0.444. The number of aromatic nitrogens is 2. The number of aromatic hydroxyl groups is 1. The number of piperazine rings is 1. The van der Waals surface area contributed by atoms with Gasteiger partial charge in [0.2, 0.25) is 0 Å². The van der Waals surface area contributed by atoms with Gasteiger partial charge in [0.05, 0.1) is 17.7 Å². The molecular formula is C36H35F4N5O3. The van der Waals surface area contributed by atoms with Crippen molar-refractivity contribution in [2.45, 2.75) is 50.0 Å². The normalized spacial score (nSPS) is 24.8. The molecule has 2 unspecified atom stereocenters. The Morgan fingerprint density at radius 2 is 1.81 bits per heavy atom. The smallest absolute Gasteiger partial charge is 0.319 e. The van der Waals surface area contributed by atoms with Crippen molar-refractivity contribution < 1.29 is 32.1 Å². The summed E-state index contributed by atoms with van der Waals surface area (Å²) < 4.78 is 73.8. The number of alkyl halides is 1. The van der Waals surface area contributed by atoms with Gasteiger partial charge in [-0.3, -0.25) is 4.90 Å². The zero-order valence-electron chi connectivity index (χ0n) is 26.4. The van der Waals surface area contributed by atoms with E-state index in [-0.39, 0.29) is 69.8 Å². The van der Waals surface area contributed by atoms with Crippen LogP contribution in [-0.2, 0) is 4.74 Å². The molecule has 4 aliphatic rings. The molecule has 12 heteroatoms. The van der Waals surface area contributed by atoms with Gasteiger partial charge in [0, 0.05) is 73.7 Å². The van der Waals surface area contributed by atoms with Crippen LogP contribution in [0.5, 0.6) is 11.8 Å². The first-order valence-corrected chi connectivity index (χ1v) is 16.3. The summed E-state index contributed by atoms with van der Waals surface area (Å²) in [6.45, 7) is 2.84. The number of methoxy groups -OCH3 is 1. The Morgan fingerprint density at radius 3 is 2.50 bits per heavy atom. The van der Waals surface area contributed by atoms with Crippen molar-refractivity contribution in [3.8, 4) is 35.2 Å². The van der Waals surface area contributed by atoms with E-state index >= 15 is 8.78 Å². The molecule has 4 heterocycles. The number of benzene rings is 3. The second-order valence-electron chi connectivity index (χ2n) is 13.7. The minimum Gasteiger partial charge on any atom is -0.508 e. The van der Waals surface area contributed by atoms with Crippen LogP contribution in [0.2, 0.25) is 0 Å². The first kappa shape index (κ1) is 31.1. The third kappa shape index (κ3) is 5.38. The molecule has 2 N–H and O–H groups in total. The van der Waals surface area contributed by atoms with E-state index in [1.165, 1.54) is 31.4 Å². The molecule has 8 nitrogen and oxygen atoms in total. The van der Waals surface area contributed by atoms with Crippen molar-refractivity contribution in [1.29, 1.82) is 0 Å². The molecule has 1 saturated carbocycles. The Hall–Kier alpha value is -4.18. The summed E-state index contributed by atoms with van der Waals surface area (Å²) in [6, 6.07) is 6.66. The molecule has 250 valence electrons. The lowest BCUT2D eigenvalue weighted by molar-refractivity contribution is 0.0612. The van der Waals surface area contributed by atoms with Crippen LogP contribution >= 0.6 is 0 Å². The quantitative estimate of drug-likeness (QED) is 0.194. The van der Waals surface area contributed by atoms with Gasteiger partial charge in [-0.05, 0) is 55.3 Å². The van der Waals surface area contributed by atoms with Gasteiger partial charge in [0.25, 0.3) is 0 Å². The first-order valence-electron chi connectivity index (χ1n) is 16.3. The van der Waals surface area contributed by atoms with Gasteiger partial charge in [0.1, 0.15) is 41.0 Å². The predicted octanol–water partition coefficient (Wildman–Crippen LogP) is 5.32. The predicted molar refractivity (Wildman–Crippen MR) is 173 cm³/mol. The van der Waals surface area contributed by atoms with Crippen LogP contribution in [0.15, 0.2) is 30.3 Å². The SMILES string of the molecule is C#Cc1c(F)ccc2cc(O)cc(-c3c(F)cc4c(N5CC6CCC(C5)N6)nc(OCC5(CN6C[C@@H](F)[C@H](OC)C6)CC5)nc4c3F)c12. The highest BCUT2D eigenvalue weighted by atomic mass is 19.1. The Morgan fingerprint density at radius 1 is 1.04 bits per heavy atom. The summed E-state index contributed by atoms with van der Waals surface area (Å²) in [7, 11) is 1.51. The number of terminal acetylenes is 1. The summed E-state index contributed by atoms with van der Waals surface area (Å²) >= 11 is 0. The van der Waals surface area contributed by atoms with Gasteiger partial charge in [-0.15, -0.1) is 6.42 Å². The number of fused-ring (bicyclic) bond motifs is 4. The number of ether oxygens (including phenoxy) is 2. The number of phenolic OH excluding ortho intramolecular Hbond substituents is 1. The van der Waals surface area contributed by atoms with Crippen molar-refractivity contribution in [2.24, 2.45) is 5.41 Å². The molecule has 3 saturated heterocycles. The molecule has 3 aromatic carbocycles. The molecule has 0 radical (unpaired) electrons. The maximum atomic E-state index is 16.9.